The summed E-state index contributed by atoms with van der Waals surface area (Å²) in [5.41, 5.74) is 8.94. The first-order valence-electron chi connectivity index (χ1n) is 7.40. The summed E-state index contributed by atoms with van der Waals surface area (Å²) in [4.78, 5) is 0. The first kappa shape index (κ1) is 13.9. The maximum atomic E-state index is 12.7. The number of nitrogens with zero attached hydrogens (tertiary/aromatic N) is 1. The van der Waals surface area contributed by atoms with E-state index in [4.69, 9.17) is 5.73 Å². The molecule has 1 aromatic rings. The van der Waals surface area contributed by atoms with Crippen LogP contribution in [0.15, 0.2) is 18.2 Å². The van der Waals surface area contributed by atoms with Gasteiger partial charge in [0.15, 0.2) is 0 Å². The molecule has 0 radical (unpaired) electrons. The SMILES string of the molecule is CC(N)c1ccc2c(c1)CCN2S(=O)(=O)C1CCCC1. The van der Waals surface area contributed by atoms with Crippen molar-refractivity contribution < 1.29 is 8.42 Å². The van der Waals surface area contributed by atoms with Crippen molar-refractivity contribution >= 4 is 15.7 Å². The van der Waals surface area contributed by atoms with Gasteiger partial charge in [0.1, 0.15) is 0 Å². The number of anilines is 1. The lowest BCUT2D eigenvalue weighted by Crippen LogP contribution is -2.36. The maximum Gasteiger partial charge on any atom is 0.238 e. The molecule has 0 spiro atoms. The number of hydrogen-bond acceptors (Lipinski definition) is 3. The Bertz CT molecular complexity index is 604. The third kappa shape index (κ3) is 2.23. The van der Waals surface area contributed by atoms with Crippen molar-refractivity contribution in [1.82, 2.24) is 0 Å². The molecule has 2 N–H and O–H groups in total. The molecular weight excluding hydrogens is 272 g/mol. The van der Waals surface area contributed by atoms with Gasteiger partial charge in [-0.3, -0.25) is 4.31 Å². The third-order valence-corrected chi connectivity index (χ3v) is 6.82. The highest BCUT2D eigenvalue weighted by molar-refractivity contribution is 7.93. The van der Waals surface area contributed by atoms with Gasteiger partial charge in [0.05, 0.1) is 10.9 Å². The number of fused-ring (bicyclic) bond motifs is 1. The molecule has 1 unspecified atom stereocenters. The quantitative estimate of drug-likeness (QED) is 0.930. The molecular formula is C15H22N2O2S. The summed E-state index contributed by atoms with van der Waals surface area (Å²) in [5, 5.41) is -0.179. The molecule has 0 aromatic heterocycles. The zero-order valence-corrected chi connectivity index (χ0v) is 12.7. The van der Waals surface area contributed by atoms with Gasteiger partial charge in [0, 0.05) is 12.6 Å². The van der Waals surface area contributed by atoms with Crippen LogP contribution in [-0.4, -0.2) is 20.2 Å². The predicted molar refractivity (Wildman–Crippen MR) is 81.3 cm³/mol. The van der Waals surface area contributed by atoms with E-state index in [2.05, 4.69) is 6.07 Å². The molecule has 1 fully saturated rings. The van der Waals surface area contributed by atoms with Gasteiger partial charge < -0.3 is 5.73 Å². The molecule has 20 heavy (non-hydrogen) atoms. The molecule has 1 heterocycles. The minimum absolute atomic E-state index is 0.0132. The number of rotatable bonds is 3. The standard InChI is InChI=1S/C15H22N2O2S/c1-11(16)12-6-7-15-13(10-12)8-9-17(15)20(18,19)14-4-2-3-5-14/h6-7,10-11,14H,2-5,8-9,16H2,1H3. The second-order valence-corrected chi connectivity index (χ2v) is 8.09. The van der Waals surface area contributed by atoms with Crippen molar-refractivity contribution in [2.75, 3.05) is 10.8 Å². The van der Waals surface area contributed by atoms with Crippen molar-refractivity contribution in [2.24, 2.45) is 5.73 Å². The normalized spacial score (nSPS) is 21.2. The Kier molecular flexibility index (Phi) is 3.50. The lowest BCUT2D eigenvalue weighted by Gasteiger charge is -2.23. The van der Waals surface area contributed by atoms with Crippen LogP contribution >= 0.6 is 0 Å². The molecule has 3 rings (SSSR count). The first-order valence-corrected chi connectivity index (χ1v) is 8.90. The van der Waals surface area contributed by atoms with E-state index in [1.54, 1.807) is 4.31 Å². The monoisotopic (exact) mass is 294 g/mol. The van der Waals surface area contributed by atoms with E-state index < -0.39 is 10.0 Å². The van der Waals surface area contributed by atoms with Gasteiger partial charge in [-0.2, -0.15) is 0 Å². The minimum Gasteiger partial charge on any atom is -0.324 e. The van der Waals surface area contributed by atoms with E-state index in [0.29, 0.717) is 6.54 Å². The van der Waals surface area contributed by atoms with Crippen molar-refractivity contribution in [2.45, 2.75) is 50.3 Å². The van der Waals surface area contributed by atoms with Crippen LogP contribution in [0.25, 0.3) is 0 Å². The molecule has 1 aliphatic carbocycles. The van der Waals surface area contributed by atoms with Gasteiger partial charge in [-0.15, -0.1) is 0 Å². The van der Waals surface area contributed by atoms with Crippen molar-refractivity contribution in [3.8, 4) is 0 Å². The Morgan fingerprint density at radius 3 is 2.65 bits per heavy atom. The molecule has 1 saturated carbocycles. The molecule has 0 amide bonds. The summed E-state index contributed by atoms with van der Waals surface area (Å²) in [5.74, 6) is 0. The third-order valence-electron chi connectivity index (χ3n) is 4.51. The van der Waals surface area contributed by atoms with E-state index >= 15 is 0 Å². The predicted octanol–water partition coefficient (Wildman–Crippen LogP) is 2.34. The molecule has 4 nitrogen and oxygen atoms in total. The second-order valence-electron chi connectivity index (χ2n) is 5.95. The highest BCUT2D eigenvalue weighted by atomic mass is 32.2. The zero-order chi connectivity index (χ0) is 14.3. The summed E-state index contributed by atoms with van der Waals surface area (Å²) >= 11 is 0. The smallest absolute Gasteiger partial charge is 0.238 e. The fraction of sp³-hybridized carbons (Fsp3) is 0.600. The summed E-state index contributed by atoms with van der Waals surface area (Å²) in [6.07, 6.45) is 4.49. The van der Waals surface area contributed by atoms with E-state index in [9.17, 15) is 8.42 Å². The maximum absolute atomic E-state index is 12.7. The van der Waals surface area contributed by atoms with E-state index in [0.717, 1.165) is 48.9 Å². The molecule has 110 valence electrons. The average molecular weight is 294 g/mol. The van der Waals surface area contributed by atoms with Gasteiger partial charge in [-0.1, -0.05) is 25.0 Å². The van der Waals surface area contributed by atoms with E-state index in [-0.39, 0.29) is 11.3 Å². The molecule has 1 aromatic carbocycles. The van der Waals surface area contributed by atoms with Crippen LogP contribution in [0.4, 0.5) is 5.69 Å². The topological polar surface area (TPSA) is 63.4 Å². The first-order chi connectivity index (χ1) is 9.50. The summed E-state index contributed by atoms with van der Waals surface area (Å²) < 4.78 is 27.1. The van der Waals surface area contributed by atoms with Crippen molar-refractivity contribution in [3.63, 3.8) is 0 Å². The molecule has 5 heteroatoms. The molecule has 1 atom stereocenters. The summed E-state index contributed by atoms with van der Waals surface area (Å²) in [6, 6.07) is 5.92. The van der Waals surface area contributed by atoms with Crippen LogP contribution in [0.2, 0.25) is 0 Å². The van der Waals surface area contributed by atoms with Crippen LogP contribution in [0.3, 0.4) is 0 Å². The summed E-state index contributed by atoms with van der Waals surface area (Å²) in [7, 11) is -3.18. The van der Waals surface area contributed by atoms with Gasteiger partial charge >= 0.3 is 0 Å². The van der Waals surface area contributed by atoms with Crippen LogP contribution in [0, 0.1) is 0 Å². The molecule has 0 bridgehead atoms. The van der Waals surface area contributed by atoms with Crippen molar-refractivity contribution in [1.29, 1.82) is 0 Å². The Labute approximate surface area is 121 Å². The molecule has 2 aliphatic rings. The number of hydrogen-bond donors (Lipinski definition) is 1. The Hall–Kier alpha value is -1.07. The fourth-order valence-electron chi connectivity index (χ4n) is 3.31. The van der Waals surface area contributed by atoms with Crippen LogP contribution in [0.1, 0.15) is 49.8 Å². The highest BCUT2D eigenvalue weighted by Gasteiger charge is 2.37. The van der Waals surface area contributed by atoms with Crippen molar-refractivity contribution in [3.05, 3.63) is 29.3 Å². The Morgan fingerprint density at radius 2 is 2.00 bits per heavy atom. The Morgan fingerprint density at radius 1 is 1.30 bits per heavy atom. The largest absolute Gasteiger partial charge is 0.324 e. The van der Waals surface area contributed by atoms with Gasteiger partial charge in [0.2, 0.25) is 10.0 Å². The second kappa shape index (κ2) is 5.04. The number of benzene rings is 1. The van der Waals surface area contributed by atoms with E-state index in [1.807, 2.05) is 19.1 Å². The van der Waals surface area contributed by atoms with Crippen LogP contribution in [0.5, 0.6) is 0 Å². The average Bonchev–Trinajstić information content (AvgIpc) is 3.07. The Balaban J connectivity index is 1.93. The van der Waals surface area contributed by atoms with Gasteiger partial charge in [-0.25, -0.2) is 8.42 Å². The lowest BCUT2D eigenvalue weighted by atomic mass is 10.0. The molecule has 0 saturated heterocycles. The van der Waals surface area contributed by atoms with E-state index in [1.165, 1.54) is 0 Å². The van der Waals surface area contributed by atoms with Crippen LogP contribution in [-0.2, 0) is 16.4 Å². The highest BCUT2D eigenvalue weighted by Crippen LogP contribution is 2.36. The number of sulfonamides is 1. The molecule has 1 aliphatic heterocycles. The number of nitrogens with two attached hydrogens (primary N) is 1. The van der Waals surface area contributed by atoms with Gasteiger partial charge in [0.25, 0.3) is 0 Å². The van der Waals surface area contributed by atoms with Crippen LogP contribution < -0.4 is 10.0 Å². The lowest BCUT2D eigenvalue weighted by molar-refractivity contribution is 0.576. The zero-order valence-electron chi connectivity index (χ0n) is 11.9. The fourth-order valence-corrected chi connectivity index (χ4v) is 5.39. The van der Waals surface area contributed by atoms with Gasteiger partial charge in [-0.05, 0) is 43.4 Å². The summed E-state index contributed by atoms with van der Waals surface area (Å²) in [6.45, 7) is 2.53. The minimum atomic E-state index is -3.18.